The number of carbonyl (C=O) groups is 2. The van der Waals surface area contributed by atoms with Crippen LogP contribution in [0.5, 0.6) is 0 Å². The third-order valence-corrected chi connectivity index (χ3v) is 3.37. The highest BCUT2D eigenvalue weighted by Gasteiger charge is 2.10. The molecule has 114 valence electrons. The Hall–Kier alpha value is -2.10. The van der Waals surface area contributed by atoms with Crippen LogP contribution in [0.25, 0.3) is 0 Å². The van der Waals surface area contributed by atoms with Crippen molar-refractivity contribution >= 4 is 11.9 Å². The molecule has 0 heterocycles. The van der Waals surface area contributed by atoms with E-state index in [0.717, 1.165) is 6.07 Å². The Labute approximate surface area is 125 Å². The highest BCUT2D eigenvalue weighted by Crippen LogP contribution is 2.11. The molecule has 1 aliphatic carbocycles. The Morgan fingerprint density at radius 3 is 1.95 bits per heavy atom. The minimum atomic E-state index is -1.12. The van der Waals surface area contributed by atoms with E-state index in [4.69, 9.17) is 10.2 Å². The zero-order valence-corrected chi connectivity index (χ0v) is 12.3. The van der Waals surface area contributed by atoms with E-state index in [9.17, 15) is 9.59 Å². The molecule has 0 saturated heterocycles. The molecule has 0 saturated carbocycles. The summed E-state index contributed by atoms with van der Waals surface area (Å²) in [7, 11) is 0. The summed E-state index contributed by atoms with van der Waals surface area (Å²) in [5.41, 5.74) is 0.570. The number of rotatable bonds is 2. The lowest BCUT2D eigenvalue weighted by atomic mass is 10.1. The Morgan fingerprint density at radius 1 is 0.905 bits per heavy atom. The topological polar surface area (TPSA) is 74.6 Å². The van der Waals surface area contributed by atoms with Gasteiger partial charge >= 0.3 is 11.9 Å². The van der Waals surface area contributed by atoms with Gasteiger partial charge in [0.05, 0.1) is 11.1 Å². The van der Waals surface area contributed by atoms with E-state index in [1.54, 1.807) is 6.92 Å². The maximum atomic E-state index is 10.6. The molecule has 1 aliphatic rings. The summed E-state index contributed by atoms with van der Waals surface area (Å²) >= 11 is 0. The first kappa shape index (κ1) is 17.0. The van der Waals surface area contributed by atoms with E-state index in [1.165, 1.54) is 50.7 Å². The second-order valence-corrected chi connectivity index (χ2v) is 5.10. The molecule has 0 radical (unpaired) electrons. The van der Waals surface area contributed by atoms with Crippen molar-refractivity contribution in [3.05, 3.63) is 47.0 Å². The van der Waals surface area contributed by atoms with Gasteiger partial charge < -0.3 is 10.2 Å². The summed E-state index contributed by atoms with van der Waals surface area (Å²) in [5.74, 6) is -2.23. The first-order chi connectivity index (χ1) is 10.0. The monoisotopic (exact) mass is 290 g/mol. The second-order valence-electron chi connectivity index (χ2n) is 5.10. The maximum absolute atomic E-state index is 10.6. The predicted octanol–water partition coefficient (Wildman–Crippen LogP) is 4.29. The number of aromatic carboxylic acids is 2. The van der Waals surface area contributed by atoms with E-state index < -0.39 is 11.9 Å². The van der Waals surface area contributed by atoms with Gasteiger partial charge in [-0.2, -0.15) is 0 Å². The molecular formula is C17H22O4. The number of aryl methyl sites for hydroxylation is 1. The van der Waals surface area contributed by atoms with Gasteiger partial charge in [-0.25, -0.2) is 9.59 Å². The molecule has 21 heavy (non-hydrogen) atoms. The Morgan fingerprint density at radius 2 is 1.48 bits per heavy atom. The van der Waals surface area contributed by atoms with Gasteiger partial charge in [-0.3, -0.25) is 0 Å². The van der Waals surface area contributed by atoms with Gasteiger partial charge in [0.1, 0.15) is 0 Å². The fourth-order valence-corrected chi connectivity index (χ4v) is 2.10. The molecule has 4 nitrogen and oxygen atoms in total. The van der Waals surface area contributed by atoms with Crippen molar-refractivity contribution in [3.63, 3.8) is 0 Å². The molecule has 0 aromatic heterocycles. The Balaban J connectivity index is 0.000000235. The van der Waals surface area contributed by atoms with Gasteiger partial charge in [0.15, 0.2) is 0 Å². The third kappa shape index (κ3) is 6.25. The van der Waals surface area contributed by atoms with E-state index in [0.29, 0.717) is 5.56 Å². The van der Waals surface area contributed by atoms with Crippen molar-refractivity contribution in [1.29, 1.82) is 0 Å². The van der Waals surface area contributed by atoms with Crippen LogP contribution in [0.4, 0.5) is 0 Å². The van der Waals surface area contributed by atoms with Crippen LogP contribution in [0.2, 0.25) is 0 Å². The molecule has 1 aromatic carbocycles. The minimum Gasteiger partial charge on any atom is -0.478 e. The number of benzene rings is 1. The Bertz CT molecular complexity index is 508. The average Bonchev–Trinajstić information content (AvgIpc) is 2.38. The van der Waals surface area contributed by atoms with Crippen molar-refractivity contribution in [2.75, 3.05) is 0 Å². The van der Waals surface area contributed by atoms with Gasteiger partial charge in [-0.1, -0.05) is 31.1 Å². The summed E-state index contributed by atoms with van der Waals surface area (Å²) < 4.78 is 0. The van der Waals surface area contributed by atoms with Crippen LogP contribution in [0.3, 0.4) is 0 Å². The molecule has 0 atom stereocenters. The van der Waals surface area contributed by atoms with E-state index in [-0.39, 0.29) is 11.1 Å². The molecule has 4 heteroatoms. The van der Waals surface area contributed by atoms with Crippen LogP contribution in [-0.4, -0.2) is 22.2 Å². The number of carboxylic acid groups (broad SMARTS) is 2. The number of hydrogen-bond donors (Lipinski definition) is 2. The van der Waals surface area contributed by atoms with E-state index >= 15 is 0 Å². The van der Waals surface area contributed by atoms with Crippen LogP contribution in [0, 0.1) is 6.92 Å². The molecule has 0 fully saturated rings. The quantitative estimate of drug-likeness (QED) is 0.797. The summed E-state index contributed by atoms with van der Waals surface area (Å²) in [6, 6.07) is 4.01. The van der Waals surface area contributed by atoms with Crippen LogP contribution in [0.15, 0.2) is 30.4 Å². The van der Waals surface area contributed by atoms with Crippen molar-refractivity contribution in [1.82, 2.24) is 0 Å². The minimum absolute atomic E-state index is 0.0111. The zero-order chi connectivity index (χ0) is 15.7. The predicted molar refractivity (Wildman–Crippen MR) is 81.9 cm³/mol. The molecule has 0 aliphatic heterocycles. The zero-order valence-electron chi connectivity index (χ0n) is 12.3. The van der Waals surface area contributed by atoms with Gasteiger partial charge in [0.2, 0.25) is 0 Å². The SMILES string of the molecule is C1=CCCCCCC1.Cc1ccc(C(=O)O)cc1C(=O)O. The maximum Gasteiger partial charge on any atom is 0.335 e. The molecular weight excluding hydrogens is 268 g/mol. The highest BCUT2D eigenvalue weighted by atomic mass is 16.4. The summed E-state index contributed by atoms with van der Waals surface area (Å²) in [4.78, 5) is 21.1. The van der Waals surface area contributed by atoms with Crippen molar-refractivity contribution in [3.8, 4) is 0 Å². The standard InChI is InChI=1S/C9H8O4.C8H14/c1-5-2-3-6(8(10)11)4-7(5)9(12)13;1-2-4-6-8-7-5-3-1/h2-4H,1H3,(H,10,11)(H,12,13);1-2H,3-8H2. The summed E-state index contributed by atoms with van der Waals surface area (Å²) in [6.07, 6.45) is 13.0. The van der Waals surface area contributed by atoms with Gasteiger partial charge in [0.25, 0.3) is 0 Å². The number of hydrogen-bond acceptors (Lipinski definition) is 2. The molecule has 2 rings (SSSR count). The molecule has 0 bridgehead atoms. The van der Waals surface area contributed by atoms with Crippen molar-refractivity contribution in [2.45, 2.75) is 45.4 Å². The lowest BCUT2D eigenvalue weighted by Gasteiger charge is -2.01. The molecule has 0 unspecified atom stereocenters. The van der Waals surface area contributed by atoms with Crippen molar-refractivity contribution < 1.29 is 19.8 Å². The molecule has 0 spiro atoms. The van der Waals surface area contributed by atoms with E-state index in [1.807, 2.05) is 0 Å². The lowest BCUT2D eigenvalue weighted by molar-refractivity contribution is 0.0695. The Kier molecular flexibility index (Phi) is 7.23. The molecule has 0 amide bonds. The van der Waals surface area contributed by atoms with Gasteiger partial charge in [0, 0.05) is 0 Å². The van der Waals surface area contributed by atoms with Gasteiger partial charge in [-0.15, -0.1) is 0 Å². The molecule has 1 aromatic rings. The number of carboxylic acids is 2. The van der Waals surface area contributed by atoms with Gasteiger partial charge in [-0.05, 0) is 50.3 Å². The third-order valence-electron chi connectivity index (χ3n) is 3.37. The highest BCUT2D eigenvalue weighted by molar-refractivity contribution is 5.94. The van der Waals surface area contributed by atoms with Crippen molar-refractivity contribution in [2.24, 2.45) is 0 Å². The number of allylic oxidation sites excluding steroid dienone is 2. The summed E-state index contributed by atoms with van der Waals surface area (Å²) in [6.45, 7) is 1.62. The largest absolute Gasteiger partial charge is 0.478 e. The fraction of sp³-hybridized carbons (Fsp3) is 0.412. The van der Waals surface area contributed by atoms with Crippen LogP contribution < -0.4 is 0 Å². The van der Waals surface area contributed by atoms with Crippen LogP contribution >= 0.6 is 0 Å². The second kappa shape index (κ2) is 8.95. The average molecular weight is 290 g/mol. The first-order valence-electron chi connectivity index (χ1n) is 7.24. The van der Waals surface area contributed by atoms with E-state index in [2.05, 4.69) is 12.2 Å². The lowest BCUT2D eigenvalue weighted by Crippen LogP contribution is -2.03. The first-order valence-corrected chi connectivity index (χ1v) is 7.24. The van der Waals surface area contributed by atoms with Crippen LogP contribution in [0.1, 0.15) is 64.8 Å². The molecule has 2 N–H and O–H groups in total. The fourth-order valence-electron chi connectivity index (χ4n) is 2.10. The smallest absolute Gasteiger partial charge is 0.335 e. The normalized spacial score (nSPS) is 14.3. The summed E-state index contributed by atoms with van der Waals surface area (Å²) in [5, 5.41) is 17.3. The van der Waals surface area contributed by atoms with Crippen LogP contribution in [-0.2, 0) is 0 Å².